The van der Waals surface area contributed by atoms with Crippen LogP contribution in [0.5, 0.6) is 5.75 Å². The molecule has 2 aromatic carbocycles. The molecule has 11 heteroatoms. The summed E-state index contributed by atoms with van der Waals surface area (Å²) in [5, 5.41) is 43.3. The van der Waals surface area contributed by atoms with Crippen LogP contribution < -0.4 is 26.1 Å². The molecule has 0 radical (unpaired) electrons. The molecule has 0 atom stereocenters. The quantitative estimate of drug-likeness (QED) is 0.260. The zero-order valence-electron chi connectivity index (χ0n) is 26.2. The molecule has 224 valence electrons. The lowest BCUT2D eigenvalue weighted by molar-refractivity contribution is -0.870. The molecule has 2 N–H and O–H groups in total. The Labute approximate surface area is 241 Å². The van der Waals surface area contributed by atoms with Crippen LogP contribution in [0.4, 0.5) is 0 Å². The largest absolute Gasteiger partial charge is 0.871 e. The van der Waals surface area contributed by atoms with Crippen molar-refractivity contribution in [1.82, 2.24) is 14.8 Å². The highest BCUT2D eigenvalue weighted by molar-refractivity contribution is 6.06. The Balaban J connectivity index is 2.27. The zero-order valence-corrected chi connectivity index (χ0v) is 26.2. The number of amides is 1. The summed E-state index contributed by atoms with van der Waals surface area (Å²) < 4.78 is 7.72. The number of hydrogen-bond acceptors (Lipinski definition) is 8. The van der Waals surface area contributed by atoms with Crippen molar-refractivity contribution in [2.45, 2.75) is 26.7 Å². The third kappa shape index (κ3) is 6.97. The van der Waals surface area contributed by atoms with Gasteiger partial charge in [-0.15, -0.1) is 0 Å². The lowest BCUT2D eigenvalue weighted by Crippen LogP contribution is -2.42. The number of rotatable bonds is 10. The van der Waals surface area contributed by atoms with Gasteiger partial charge in [-0.1, -0.05) is 5.75 Å². The third-order valence-electron chi connectivity index (χ3n) is 7.32. The van der Waals surface area contributed by atoms with Crippen molar-refractivity contribution in [3.63, 3.8) is 0 Å². The summed E-state index contributed by atoms with van der Waals surface area (Å²) in [5.74, 6) is -1.43. The SMILES string of the molecule is Cc1c(=N)cc(C(=O)N(C)CCC[N+](C)(C)C)c2nc3/c(=C(\[O-])N(C)CCC[N+](C)(C)C)c(=N)c([O-])c(C)c3oc12. The molecule has 0 spiro atoms. The van der Waals surface area contributed by atoms with Gasteiger partial charge in [0.2, 0.25) is 0 Å². The van der Waals surface area contributed by atoms with Crippen molar-refractivity contribution >= 4 is 34.0 Å². The number of fused-ring (bicyclic) bond motifs is 2. The molecule has 41 heavy (non-hydrogen) atoms. The fraction of sp³-hybridized carbons (Fsp3) is 0.533. The topological polar surface area (TPSA) is 143 Å². The minimum Gasteiger partial charge on any atom is -0.871 e. The van der Waals surface area contributed by atoms with Crippen LogP contribution in [-0.4, -0.2) is 112 Å². The van der Waals surface area contributed by atoms with Gasteiger partial charge in [0.1, 0.15) is 11.0 Å². The first-order valence-electron chi connectivity index (χ1n) is 13.8. The molecular weight excluding hydrogens is 522 g/mol. The van der Waals surface area contributed by atoms with E-state index in [0.717, 1.165) is 34.9 Å². The summed E-state index contributed by atoms with van der Waals surface area (Å²) in [5.41, 5.74) is 1.37. The molecule has 0 saturated heterocycles. The van der Waals surface area contributed by atoms with Crippen LogP contribution in [0.15, 0.2) is 10.5 Å². The highest BCUT2D eigenvalue weighted by Crippen LogP contribution is 2.26. The number of nitrogens with zero attached hydrogens (tertiary/aromatic N) is 5. The van der Waals surface area contributed by atoms with Crippen molar-refractivity contribution in [3.05, 3.63) is 38.7 Å². The fourth-order valence-corrected chi connectivity index (χ4v) is 4.77. The second kappa shape index (κ2) is 11.7. The van der Waals surface area contributed by atoms with E-state index in [2.05, 4.69) is 42.3 Å². The molecule has 1 amide bonds. The van der Waals surface area contributed by atoms with E-state index < -0.39 is 17.0 Å². The van der Waals surface area contributed by atoms with Gasteiger partial charge in [0, 0.05) is 50.8 Å². The van der Waals surface area contributed by atoms with Crippen molar-refractivity contribution in [1.29, 1.82) is 10.8 Å². The fourth-order valence-electron chi connectivity index (χ4n) is 4.77. The molecule has 3 aromatic rings. The molecular formula is C30H45N7O4. The summed E-state index contributed by atoms with van der Waals surface area (Å²) in [6, 6.07) is 1.47. The first kappa shape index (κ1) is 31.8. The maximum absolute atomic E-state index is 13.7. The van der Waals surface area contributed by atoms with Gasteiger partial charge in [0.25, 0.3) is 5.91 Å². The zero-order chi connectivity index (χ0) is 31.0. The smallest absolute Gasteiger partial charge is 0.256 e. The highest BCUT2D eigenvalue weighted by atomic mass is 16.3. The minimum atomic E-state index is -0.613. The average molecular weight is 568 g/mol. The number of carbonyl (C=O) groups excluding carboxylic acids is 1. The number of aromatic nitrogens is 1. The van der Waals surface area contributed by atoms with Gasteiger partial charge in [-0.05, 0) is 31.4 Å². The molecule has 1 heterocycles. The van der Waals surface area contributed by atoms with Crippen molar-refractivity contribution in [2.24, 2.45) is 0 Å². The summed E-state index contributed by atoms with van der Waals surface area (Å²) in [6.07, 6.45) is 1.52. The average Bonchev–Trinajstić information content (AvgIpc) is 2.86. The maximum atomic E-state index is 13.7. The summed E-state index contributed by atoms with van der Waals surface area (Å²) >= 11 is 0. The number of quaternary nitrogens is 2. The Bertz CT molecular complexity index is 1650. The normalized spacial score (nSPS) is 13.1. The Morgan fingerprint density at radius 2 is 1.41 bits per heavy atom. The molecule has 0 saturated carbocycles. The van der Waals surface area contributed by atoms with E-state index in [1.54, 1.807) is 25.9 Å². The van der Waals surface area contributed by atoms with Gasteiger partial charge in [0.05, 0.1) is 71.7 Å². The highest BCUT2D eigenvalue weighted by Gasteiger charge is 2.22. The van der Waals surface area contributed by atoms with Crippen molar-refractivity contribution in [3.8, 4) is 5.75 Å². The first-order chi connectivity index (χ1) is 18.8. The number of nitrogens with one attached hydrogen (secondary N) is 2. The van der Waals surface area contributed by atoms with E-state index in [1.165, 1.54) is 17.9 Å². The van der Waals surface area contributed by atoms with E-state index in [0.29, 0.717) is 18.7 Å². The van der Waals surface area contributed by atoms with Crippen LogP contribution in [0.25, 0.3) is 28.1 Å². The van der Waals surface area contributed by atoms with Crippen LogP contribution in [-0.2, 0) is 0 Å². The van der Waals surface area contributed by atoms with Gasteiger partial charge in [-0.25, -0.2) is 4.98 Å². The molecule has 0 aliphatic heterocycles. The standard InChI is InChI=1S/C30H45N7O4/c1-18-21(31)17-20(29(39)34(3)13-11-15-36(5,6)7)24-27(18)41-28-19(2)26(38)23(32)22(25(28)33-24)30(40)35(4)14-12-16-37(8,9)10/h17H,11-16H2,1-10H3,(H2-2,31,32,33,38,39,40). The van der Waals surface area contributed by atoms with Crippen LogP contribution in [0, 0.1) is 24.7 Å². The summed E-state index contributed by atoms with van der Waals surface area (Å²) in [7, 11) is 15.8. The molecule has 3 rings (SSSR count). The number of hydrogen-bond donors (Lipinski definition) is 2. The monoisotopic (exact) mass is 567 g/mol. The molecule has 0 aliphatic carbocycles. The number of aryl methyl sites for hydroxylation is 2. The van der Waals surface area contributed by atoms with Crippen molar-refractivity contribution < 1.29 is 28.4 Å². The lowest BCUT2D eigenvalue weighted by atomic mass is 10.1. The van der Waals surface area contributed by atoms with E-state index in [9.17, 15) is 15.0 Å². The number of carbonyl (C=O) groups is 1. The Kier molecular flexibility index (Phi) is 9.05. The number of benzene rings is 2. The summed E-state index contributed by atoms with van der Waals surface area (Å²) in [4.78, 5) is 21.5. The molecule has 0 unspecified atom stereocenters. The summed E-state index contributed by atoms with van der Waals surface area (Å²) in [6.45, 7) is 5.90. The van der Waals surface area contributed by atoms with Gasteiger partial charge in [-0.3, -0.25) is 4.79 Å². The molecule has 0 bridgehead atoms. The second-order valence-electron chi connectivity index (χ2n) is 13.1. The predicted octanol–water partition coefficient (Wildman–Crippen LogP) is -0.0283. The second-order valence-corrected chi connectivity index (χ2v) is 13.1. The van der Waals surface area contributed by atoms with Gasteiger partial charge in [-0.2, -0.15) is 0 Å². The molecule has 0 fully saturated rings. The van der Waals surface area contributed by atoms with Crippen LogP contribution in [0.1, 0.15) is 34.3 Å². The Morgan fingerprint density at radius 3 is 1.95 bits per heavy atom. The molecule has 0 aliphatic rings. The Hall–Kier alpha value is -3.70. The van der Waals surface area contributed by atoms with E-state index in [1.807, 2.05) is 0 Å². The predicted molar refractivity (Wildman–Crippen MR) is 155 cm³/mol. The molecule has 1 aromatic heterocycles. The minimum absolute atomic E-state index is 0.0712. The Morgan fingerprint density at radius 1 is 0.902 bits per heavy atom. The van der Waals surface area contributed by atoms with Gasteiger partial charge < -0.3 is 44.2 Å². The van der Waals surface area contributed by atoms with E-state index in [-0.39, 0.29) is 49.8 Å². The van der Waals surface area contributed by atoms with E-state index in [4.69, 9.17) is 20.2 Å². The van der Waals surface area contributed by atoms with Crippen molar-refractivity contribution in [2.75, 3.05) is 82.6 Å². The molecule has 11 nitrogen and oxygen atoms in total. The van der Waals surface area contributed by atoms with Crippen LogP contribution in [0.2, 0.25) is 0 Å². The van der Waals surface area contributed by atoms with Crippen LogP contribution >= 0.6 is 0 Å². The van der Waals surface area contributed by atoms with Crippen LogP contribution in [0.3, 0.4) is 0 Å². The van der Waals surface area contributed by atoms with E-state index >= 15 is 0 Å². The van der Waals surface area contributed by atoms with Gasteiger partial charge >= 0.3 is 0 Å². The van der Waals surface area contributed by atoms with Gasteiger partial charge in [0.15, 0.2) is 11.2 Å². The third-order valence-corrected chi connectivity index (χ3v) is 7.32. The lowest BCUT2D eigenvalue weighted by Gasteiger charge is -2.30. The first-order valence-corrected chi connectivity index (χ1v) is 13.8. The maximum Gasteiger partial charge on any atom is 0.256 e.